The molecule has 0 bridgehead atoms. The highest BCUT2D eigenvalue weighted by Crippen LogP contribution is 2.17. The number of carbonyl (C=O) groups excluding carboxylic acids is 1. The number of carbonyl (C=O) groups is 1. The van der Waals surface area contributed by atoms with Crippen LogP contribution in [-0.2, 0) is 14.9 Å². The van der Waals surface area contributed by atoms with E-state index in [1.165, 1.54) is 154 Å². The normalized spacial score (nSPS) is 13.9. The summed E-state index contributed by atoms with van der Waals surface area (Å²) in [7, 11) is -4.41. The Labute approximate surface area is 323 Å². The van der Waals surface area contributed by atoms with Gasteiger partial charge < -0.3 is 15.5 Å². The number of hydrogen-bond acceptors (Lipinski definition) is 5. The maximum absolute atomic E-state index is 12.6. The fourth-order valence-electron chi connectivity index (χ4n) is 7.10. The highest BCUT2D eigenvalue weighted by molar-refractivity contribution is 7.85. The van der Waals surface area contributed by atoms with Crippen LogP contribution in [0.4, 0.5) is 0 Å². The lowest BCUT2D eigenvalue weighted by atomic mass is 10.0. The molecule has 52 heavy (non-hydrogen) atoms. The van der Waals surface area contributed by atoms with Crippen LogP contribution in [0.15, 0.2) is 12.2 Å². The van der Waals surface area contributed by atoms with Gasteiger partial charge in [0.15, 0.2) is 0 Å². The van der Waals surface area contributed by atoms with Crippen LogP contribution in [0, 0.1) is 0 Å². The minimum Gasteiger partial charge on any atom is -0.391 e. The Kier molecular flexibility index (Phi) is 37.6. The van der Waals surface area contributed by atoms with Gasteiger partial charge in [-0.1, -0.05) is 212 Å². The van der Waals surface area contributed by atoms with Gasteiger partial charge in [0.05, 0.1) is 17.9 Å². The Balaban J connectivity index is 3.92. The lowest BCUT2D eigenvalue weighted by Gasteiger charge is -2.24. The quantitative estimate of drug-likeness (QED) is 0.0280. The molecule has 0 saturated heterocycles. The number of aliphatic hydroxyl groups is 2. The zero-order valence-corrected chi connectivity index (χ0v) is 35.1. The molecular weight excluding hydrogens is 671 g/mol. The zero-order chi connectivity index (χ0) is 38.4. The summed E-state index contributed by atoms with van der Waals surface area (Å²) >= 11 is 0. The molecule has 7 nitrogen and oxygen atoms in total. The van der Waals surface area contributed by atoms with Crippen LogP contribution in [0.25, 0.3) is 0 Å². The molecule has 310 valence electrons. The van der Waals surface area contributed by atoms with Crippen molar-refractivity contribution in [3.63, 3.8) is 0 Å². The number of amides is 1. The van der Waals surface area contributed by atoms with Crippen molar-refractivity contribution in [3.8, 4) is 0 Å². The van der Waals surface area contributed by atoms with Crippen LogP contribution in [-0.4, -0.2) is 53.1 Å². The summed E-state index contributed by atoms with van der Waals surface area (Å²) in [5.74, 6) is -1.45. The molecular formula is C44H87NO6S. The second-order valence-corrected chi connectivity index (χ2v) is 17.3. The largest absolute Gasteiger partial charge is 0.391 e. The second kappa shape index (κ2) is 38.3. The van der Waals surface area contributed by atoms with Crippen molar-refractivity contribution in [1.29, 1.82) is 0 Å². The van der Waals surface area contributed by atoms with E-state index in [4.69, 9.17) is 0 Å². The number of allylic oxidation sites excluding steroid dienone is 2. The van der Waals surface area contributed by atoms with E-state index in [-0.39, 0.29) is 0 Å². The first kappa shape index (κ1) is 51.0. The van der Waals surface area contributed by atoms with Crippen LogP contribution >= 0.6 is 0 Å². The highest BCUT2D eigenvalue weighted by Gasteiger charge is 2.28. The predicted octanol–water partition coefficient (Wildman–Crippen LogP) is 12.3. The van der Waals surface area contributed by atoms with Gasteiger partial charge in [0.2, 0.25) is 5.91 Å². The molecule has 4 N–H and O–H groups in total. The van der Waals surface area contributed by atoms with Crippen LogP contribution in [0.2, 0.25) is 0 Å². The Hall–Kier alpha value is -0.960. The number of rotatable bonds is 41. The van der Waals surface area contributed by atoms with Crippen LogP contribution in [0.1, 0.15) is 239 Å². The molecule has 3 unspecified atom stereocenters. The van der Waals surface area contributed by atoms with Crippen LogP contribution < -0.4 is 5.32 Å². The van der Waals surface area contributed by atoms with Crippen LogP contribution in [0.3, 0.4) is 0 Å². The van der Waals surface area contributed by atoms with E-state index in [1.807, 2.05) is 0 Å². The molecule has 1 amide bonds. The monoisotopic (exact) mass is 758 g/mol. The summed E-state index contributed by atoms with van der Waals surface area (Å²) in [6, 6.07) is -1.15. The van der Waals surface area contributed by atoms with Gasteiger partial charge in [0, 0.05) is 0 Å². The van der Waals surface area contributed by atoms with Crippen LogP contribution in [0.5, 0.6) is 0 Å². The van der Waals surface area contributed by atoms with Crippen molar-refractivity contribution in [1.82, 2.24) is 5.32 Å². The number of nitrogens with one attached hydrogen (secondary N) is 1. The molecule has 0 aromatic heterocycles. The van der Waals surface area contributed by atoms with E-state index in [9.17, 15) is 28.0 Å². The number of aliphatic hydroxyl groups excluding tert-OH is 2. The summed E-state index contributed by atoms with van der Waals surface area (Å²) in [5.41, 5.74) is 0. The van der Waals surface area contributed by atoms with Gasteiger partial charge in [-0.05, 0) is 38.5 Å². The van der Waals surface area contributed by atoms with Crippen molar-refractivity contribution >= 4 is 16.0 Å². The topological polar surface area (TPSA) is 124 Å². The molecule has 0 aromatic carbocycles. The van der Waals surface area contributed by atoms with Gasteiger partial charge in [0.25, 0.3) is 10.1 Å². The minimum absolute atomic E-state index is 0.293. The average molecular weight is 758 g/mol. The van der Waals surface area contributed by atoms with E-state index in [0.29, 0.717) is 19.3 Å². The van der Waals surface area contributed by atoms with E-state index < -0.39 is 40.0 Å². The van der Waals surface area contributed by atoms with Gasteiger partial charge in [-0.15, -0.1) is 0 Å². The van der Waals surface area contributed by atoms with Gasteiger partial charge in [-0.2, -0.15) is 8.42 Å². The average Bonchev–Trinajstić information content (AvgIpc) is 3.11. The molecule has 0 aliphatic heterocycles. The Morgan fingerprint density at radius 3 is 1.15 bits per heavy atom. The van der Waals surface area contributed by atoms with Crippen molar-refractivity contribution in [3.05, 3.63) is 12.2 Å². The van der Waals surface area contributed by atoms with E-state index in [2.05, 4.69) is 31.3 Å². The first-order chi connectivity index (χ1) is 25.2. The van der Waals surface area contributed by atoms with E-state index >= 15 is 0 Å². The summed E-state index contributed by atoms with van der Waals surface area (Å²) < 4.78 is 32.6. The summed E-state index contributed by atoms with van der Waals surface area (Å²) in [5, 5.41) is 23.6. The molecule has 0 spiro atoms. The van der Waals surface area contributed by atoms with Crippen molar-refractivity contribution < 1.29 is 28.0 Å². The fourth-order valence-corrected chi connectivity index (χ4v) is 7.86. The van der Waals surface area contributed by atoms with E-state index in [0.717, 1.165) is 51.4 Å². The van der Waals surface area contributed by atoms with Crippen molar-refractivity contribution in [2.45, 2.75) is 257 Å². The number of unbranched alkanes of at least 4 members (excludes halogenated alkanes) is 30. The first-order valence-electron chi connectivity index (χ1n) is 22.5. The Morgan fingerprint density at radius 2 is 0.808 bits per heavy atom. The Morgan fingerprint density at radius 1 is 0.500 bits per heavy atom. The molecule has 0 aromatic rings. The third kappa shape index (κ3) is 37.4. The first-order valence-corrected chi connectivity index (χ1v) is 24.1. The Bertz CT molecular complexity index is 895. The molecule has 0 saturated carbocycles. The molecule has 0 rings (SSSR count). The van der Waals surface area contributed by atoms with Gasteiger partial charge in [-0.3, -0.25) is 9.35 Å². The fraction of sp³-hybridized carbons (Fsp3) is 0.932. The summed E-state index contributed by atoms with van der Waals surface area (Å²) in [6.07, 6.45) is 43.7. The molecule has 0 radical (unpaired) electrons. The SMILES string of the molecule is CCCCCCCCCCC/C=C\CCCCCCCCC(O)C(=O)NC(CS(=O)(=O)O)C(O)CCCCCCCCCCCCCCCCCC. The molecule has 0 aliphatic rings. The van der Waals surface area contributed by atoms with Crippen molar-refractivity contribution in [2.75, 3.05) is 5.75 Å². The summed E-state index contributed by atoms with van der Waals surface area (Å²) in [4.78, 5) is 12.6. The molecule has 3 atom stereocenters. The minimum atomic E-state index is -4.41. The van der Waals surface area contributed by atoms with Gasteiger partial charge in [0.1, 0.15) is 6.10 Å². The zero-order valence-electron chi connectivity index (χ0n) is 34.3. The molecule has 0 heterocycles. The van der Waals surface area contributed by atoms with E-state index in [1.54, 1.807) is 0 Å². The smallest absolute Gasteiger partial charge is 0.266 e. The second-order valence-electron chi connectivity index (χ2n) is 15.8. The summed E-state index contributed by atoms with van der Waals surface area (Å²) in [6.45, 7) is 4.53. The lowest BCUT2D eigenvalue weighted by molar-refractivity contribution is -0.131. The highest BCUT2D eigenvalue weighted by atomic mass is 32.2. The molecule has 0 aliphatic carbocycles. The standard InChI is InChI=1S/C44H87NO6S/c1-3-5-7-9-11-13-15-17-19-21-22-23-25-27-29-31-33-35-37-39-43(47)44(48)45-41(40-52(49,50)51)42(46)38-36-34-32-30-28-26-24-20-18-16-14-12-10-8-6-4-2/h22-23,41-43,46-47H,3-21,24-40H2,1-2H3,(H,45,48)(H,49,50,51)/b23-22-. The lowest BCUT2D eigenvalue weighted by Crippen LogP contribution is -2.50. The predicted molar refractivity (Wildman–Crippen MR) is 222 cm³/mol. The van der Waals surface area contributed by atoms with Gasteiger partial charge in [-0.25, -0.2) is 0 Å². The molecule has 0 fully saturated rings. The third-order valence-electron chi connectivity index (χ3n) is 10.6. The third-order valence-corrected chi connectivity index (χ3v) is 11.4. The maximum Gasteiger partial charge on any atom is 0.266 e. The van der Waals surface area contributed by atoms with Crippen molar-refractivity contribution in [2.24, 2.45) is 0 Å². The maximum atomic E-state index is 12.6. The van der Waals surface area contributed by atoms with Gasteiger partial charge >= 0.3 is 0 Å². The molecule has 8 heteroatoms. The number of hydrogen-bond donors (Lipinski definition) is 4.